The lowest BCUT2D eigenvalue weighted by molar-refractivity contribution is -0.119. The van der Waals surface area contributed by atoms with Gasteiger partial charge in [-0.05, 0) is 36.8 Å². The van der Waals surface area contributed by atoms with Crippen molar-refractivity contribution in [2.45, 2.75) is 24.8 Å². The summed E-state index contributed by atoms with van der Waals surface area (Å²) in [7, 11) is 0. The van der Waals surface area contributed by atoms with Gasteiger partial charge in [0, 0.05) is 22.0 Å². The Morgan fingerprint density at radius 2 is 1.76 bits per heavy atom. The Hall–Kier alpha value is -1.26. The standard InChI is InChI=1S/C17H18BrNOS/c1-12-3-9-16(10-4-12)21-11-17(19-13(2)20)14-5-7-15(18)8-6-14/h3-10,17H,11H2,1-2H3,(H,19,20). The van der Waals surface area contributed by atoms with Crippen molar-refractivity contribution in [2.24, 2.45) is 0 Å². The first-order valence-corrected chi connectivity index (χ1v) is 8.54. The summed E-state index contributed by atoms with van der Waals surface area (Å²) in [5.74, 6) is 0.803. The molecular weight excluding hydrogens is 346 g/mol. The molecule has 0 aliphatic carbocycles. The Bertz CT molecular complexity index is 595. The van der Waals surface area contributed by atoms with Gasteiger partial charge in [-0.3, -0.25) is 4.79 Å². The number of carbonyl (C=O) groups is 1. The summed E-state index contributed by atoms with van der Waals surface area (Å²) in [4.78, 5) is 12.6. The highest BCUT2D eigenvalue weighted by Crippen LogP contribution is 2.26. The van der Waals surface area contributed by atoms with Gasteiger partial charge in [-0.1, -0.05) is 45.8 Å². The molecule has 0 aliphatic heterocycles. The quantitative estimate of drug-likeness (QED) is 0.778. The van der Waals surface area contributed by atoms with E-state index in [0.717, 1.165) is 15.8 Å². The van der Waals surface area contributed by atoms with Crippen molar-refractivity contribution in [3.8, 4) is 0 Å². The number of thioether (sulfide) groups is 1. The van der Waals surface area contributed by atoms with Crippen LogP contribution in [0.5, 0.6) is 0 Å². The van der Waals surface area contributed by atoms with Gasteiger partial charge in [-0.2, -0.15) is 0 Å². The first kappa shape index (κ1) is 16.1. The zero-order valence-electron chi connectivity index (χ0n) is 12.1. The molecule has 0 aliphatic rings. The third-order valence-electron chi connectivity index (χ3n) is 3.09. The molecule has 0 saturated heterocycles. The number of hydrogen-bond donors (Lipinski definition) is 1. The average Bonchev–Trinajstić information content (AvgIpc) is 2.46. The van der Waals surface area contributed by atoms with Gasteiger partial charge in [0.05, 0.1) is 6.04 Å². The lowest BCUT2D eigenvalue weighted by Crippen LogP contribution is -2.27. The maximum Gasteiger partial charge on any atom is 0.217 e. The summed E-state index contributed by atoms with van der Waals surface area (Å²) < 4.78 is 1.04. The summed E-state index contributed by atoms with van der Waals surface area (Å²) in [6, 6.07) is 16.5. The van der Waals surface area contributed by atoms with E-state index in [0.29, 0.717) is 0 Å². The van der Waals surface area contributed by atoms with Crippen molar-refractivity contribution in [2.75, 3.05) is 5.75 Å². The van der Waals surface area contributed by atoms with Crippen LogP contribution in [0.25, 0.3) is 0 Å². The highest BCUT2D eigenvalue weighted by atomic mass is 79.9. The average molecular weight is 364 g/mol. The maximum atomic E-state index is 11.4. The molecule has 110 valence electrons. The second-order valence-corrected chi connectivity index (χ2v) is 6.94. The minimum absolute atomic E-state index is 0.00701. The third kappa shape index (κ3) is 5.21. The molecule has 2 nitrogen and oxygen atoms in total. The molecule has 0 fully saturated rings. The van der Waals surface area contributed by atoms with Crippen molar-refractivity contribution in [1.82, 2.24) is 5.32 Å². The molecule has 0 aromatic heterocycles. The zero-order valence-corrected chi connectivity index (χ0v) is 14.5. The van der Waals surface area contributed by atoms with Crippen LogP contribution < -0.4 is 5.32 Å². The molecule has 4 heteroatoms. The van der Waals surface area contributed by atoms with Crippen LogP contribution in [-0.2, 0) is 4.79 Å². The van der Waals surface area contributed by atoms with Crippen molar-refractivity contribution in [3.63, 3.8) is 0 Å². The Balaban J connectivity index is 2.07. The Morgan fingerprint density at radius 3 is 2.33 bits per heavy atom. The minimum Gasteiger partial charge on any atom is -0.349 e. The van der Waals surface area contributed by atoms with Crippen LogP contribution in [0, 0.1) is 6.92 Å². The third-order valence-corrected chi connectivity index (χ3v) is 4.72. The fraction of sp³-hybridized carbons (Fsp3) is 0.235. The molecule has 2 aromatic carbocycles. The van der Waals surface area contributed by atoms with E-state index in [2.05, 4.69) is 52.4 Å². The molecule has 0 radical (unpaired) electrons. The number of halogens is 1. The summed E-state index contributed by atoms with van der Waals surface area (Å²) in [6.45, 7) is 3.64. The molecule has 1 amide bonds. The summed E-state index contributed by atoms with van der Waals surface area (Å²) >= 11 is 5.19. The van der Waals surface area contributed by atoms with Gasteiger partial charge in [0.1, 0.15) is 0 Å². The molecular formula is C17H18BrNOS. The molecule has 1 atom stereocenters. The molecule has 0 saturated carbocycles. The van der Waals surface area contributed by atoms with Gasteiger partial charge in [-0.15, -0.1) is 11.8 Å². The molecule has 21 heavy (non-hydrogen) atoms. The lowest BCUT2D eigenvalue weighted by Gasteiger charge is -2.18. The first-order chi connectivity index (χ1) is 10.0. The van der Waals surface area contributed by atoms with Crippen molar-refractivity contribution < 1.29 is 4.79 Å². The van der Waals surface area contributed by atoms with E-state index in [1.54, 1.807) is 18.7 Å². The van der Waals surface area contributed by atoms with Gasteiger partial charge in [0.15, 0.2) is 0 Å². The van der Waals surface area contributed by atoms with E-state index in [1.807, 2.05) is 24.3 Å². The maximum absolute atomic E-state index is 11.4. The molecule has 0 spiro atoms. The predicted octanol–water partition coefficient (Wildman–Crippen LogP) is 4.73. The number of benzene rings is 2. The Labute approximate surface area is 138 Å². The van der Waals surface area contributed by atoms with Crippen LogP contribution in [0.1, 0.15) is 24.1 Å². The molecule has 1 N–H and O–H groups in total. The molecule has 1 unspecified atom stereocenters. The van der Waals surface area contributed by atoms with E-state index in [4.69, 9.17) is 0 Å². The van der Waals surface area contributed by atoms with Gasteiger partial charge < -0.3 is 5.32 Å². The highest BCUT2D eigenvalue weighted by Gasteiger charge is 2.13. The molecule has 0 bridgehead atoms. The minimum atomic E-state index is -0.00701. The van der Waals surface area contributed by atoms with Crippen LogP contribution >= 0.6 is 27.7 Å². The number of hydrogen-bond acceptors (Lipinski definition) is 2. The van der Waals surface area contributed by atoms with Crippen molar-refractivity contribution >= 4 is 33.6 Å². The van der Waals surface area contributed by atoms with Crippen LogP contribution in [0.4, 0.5) is 0 Å². The van der Waals surface area contributed by atoms with E-state index in [-0.39, 0.29) is 11.9 Å². The zero-order chi connectivity index (χ0) is 15.2. The van der Waals surface area contributed by atoms with Gasteiger partial charge in [-0.25, -0.2) is 0 Å². The normalized spacial score (nSPS) is 12.0. The largest absolute Gasteiger partial charge is 0.349 e. The highest BCUT2D eigenvalue weighted by molar-refractivity contribution is 9.10. The monoisotopic (exact) mass is 363 g/mol. The lowest BCUT2D eigenvalue weighted by atomic mass is 10.1. The number of rotatable bonds is 5. The van der Waals surface area contributed by atoms with Gasteiger partial charge in [0.25, 0.3) is 0 Å². The van der Waals surface area contributed by atoms with Crippen LogP contribution in [0.15, 0.2) is 57.9 Å². The van der Waals surface area contributed by atoms with Crippen molar-refractivity contribution in [3.05, 3.63) is 64.1 Å². The van der Waals surface area contributed by atoms with E-state index in [9.17, 15) is 4.79 Å². The summed E-state index contributed by atoms with van der Waals surface area (Å²) in [6.07, 6.45) is 0. The second-order valence-electron chi connectivity index (χ2n) is 4.93. The number of carbonyl (C=O) groups excluding carboxylic acids is 1. The van der Waals surface area contributed by atoms with E-state index >= 15 is 0 Å². The van der Waals surface area contributed by atoms with Crippen molar-refractivity contribution in [1.29, 1.82) is 0 Å². The fourth-order valence-electron chi connectivity index (χ4n) is 1.98. The first-order valence-electron chi connectivity index (χ1n) is 6.76. The topological polar surface area (TPSA) is 29.1 Å². The molecule has 2 aromatic rings. The Kier molecular flexibility index (Phi) is 5.88. The number of aryl methyl sites for hydroxylation is 1. The van der Waals surface area contributed by atoms with Gasteiger partial charge >= 0.3 is 0 Å². The predicted molar refractivity (Wildman–Crippen MR) is 92.6 cm³/mol. The number of amides is 1. The van der Waals surface area contributed by atoms with E-state index < -0.39 is 0 Å². The SMILES string of the molecule is CC(=O)NC(CSc1ccc(C)cc1)c1ccc(Br)cc1. The molecule has 2 rings (SSSR count). The summed E-state index contributed by atoms with van der Waals surface area (Å²) in [5, 5.41) is 3.02. The Morgan fingerprint density at radius 1 is 1.14 bits per heavy atom. The smallest absolute Gasteiger partial charge is 0.217 e. The van der Waals surface area contributed by atoms with Crippen LogP contribution in [0.2, 0.25) is 0 Å². The van der Waals surface area contributed by atoms with Crippen LogP contribution in [0.3, 0.4) is 0 Å². The summed E-state index contributed by atoms with van der Waals surface area (Å²) in [5.41, 5.74) is 2.37. The van der Waals surface area contributed by atoms with Crippen LogP contribution in [-0.4, -0.2) is 11.7 Å². The van der Waals surface area contributed by atoms with E-state index in [1.165, 1.54) is 10.5 Å². The number of nitrogens with one attached hydrogen (secondary N) is 1. The molecule has 0 heterocycles. The fourth-order valence-corrected chi connectivity index (χ4v) is 3.20. The van der Waals surface area contributed by atoms with Gasteiger partial charge in [0.2, 0.25) is 5.91 Å². The second kappa shape index (κ2) is 7.66.